The first-order chi connectivity index (χ1) is 13.5. The van der Waals surface area contributed by atoms with Crippen molar-refractivity contribution in [2.45, 2.75) is 24.4 Å². The van der Waals surface area contributed by atoms with Crippen LogP contribution in [0.25, 0.3) is 5.52 Å². The molecule has 0 aliphatic heterocycles. The Morgan fingerprint density at radius 2 is 1.57 bits per heavy atom. The average Bonchev–Trinajstić information content (AvgIpc) is 3.08. The predicted octanol–water partition coefficient (Wildman–Crippen LogP) is 4.85. The number of hydrogen-bond donors (Lipinski definition) is 0. The van der Waals surface area contributed by atoms with Crippen molar-refractivity contribution in [3.8, 4) is 0 Å². The van der Waals surface area contributed by atoms with E-state index < -0.39 is 0 Å². The van der Waals surface area contributed by atoms with E-state index in [1.54, 1.807) is 34.6 Å². The topological polar surface area (TPSA) is 52.2 Å². The summed E-state index contributed by atoms with van der Waals surface area (Å²) >= 11 is 13.5. The normalized spacial score (nSPS) is 11.2. The largest absolute Gasteiger partial charge is 0.293 e. The van der Waals surface area contributed by atoms with Crippen LogP contribution >= 0.6 is 35.0 Å². The van der Waals surface area contributed by atoms with Crippen LogP contribution in [-0.2, 0) is 12.3 Å². The molecule has 0 radical (unpaired) electrons. The van der Waals surface area contributed by atoms with Gasteiger partial charge in [-0.2, -0.15) is 0 Å². The van der Waals surface area contributed by atoms with Crippen molar-refractivity contribution in [3.05, 3.63) is 92.1 Å². The molecule has 2 aromatic heterocycles. The van der Waals surface area contributed by atoms with Crippen LogP contribution in [-0.4, -0.2) is 19.2 Å². The third-order valence-corrected chi connectivity index (χ3v) is 5.84. The van der Waals surface area contributed by atoms with Gasteiger partial charge in [0, 0.05) is 15.8 Å². The molecule has 0 saturated carbocycles. The molecule has 2 heterocycles. The molecule has 28 heavy (non-hydrogen) atoms. The number of imidazole rings is 1. The number of halogens is 2. The van der Waals surface area contributed by atoms with Crippen molar-refractivity contribution in [2.75, 3.05) is 0 Å². The lowest BCUT2D eigenvalue weighted by molar-refractivity contribution is 0.583. The lowest BCUT2D eigenvalue weighted by atomic mass is 10.2. The van der Waals surface area contributed by atoms with Gasteiger partial charge in [0.05, 0.1) is 12.2 Å². The Morgan fingerprint density at radius 3 is 2.21 bits per heavy atom. The van der Waals surface area contributed by atoms with Gasteiger partial charge in [-0.15, -0.1) is 5.10 Å². The maximum Gasteiger partial charge on any atom is 0.293 e. The highest BCUT2D eigenvalue weighted by molar-refractivity contribution is 7.98. The summed E-state index contributed by atoms with van der Waals surface area (Å²) in [6.45, 7) is 2.20. The lowest BCUT2D eigenvalue weighted by Gasteiger charge is -2.10. The van der Waals surface area contributed by atoms with Gasteiger partial charge in [-0.1, -0.05) is 59.2 Å². The quantitative estimate of drug-likeness (QED) is 0.424. The maximum absolute atomic E-state index is 12.9. The summed E-state index contributed by atoms with van der Waals surface area (Å²) in [5, 5.41) is 6.67. The zero-order chi connectivity index (χ0) is 19.7. The molecule has 0 atom stereocenters. The van der Waals surface area contributed by atoms with E-state index in [2.05, 4.69) is 10.1 Å². The summed E-state index contributed by atoms with van der Waals surface area (Å²) in [5.74, 6) is 0.704. The number of rotatable bonds is 5. The number of aryl methyl sites for hydroxylation is 1. The summed E-state index contributed by atoms with van der Waals surface area (Å²) in [6.07, 6.45) is 1.65. The number of thioether (sulfide) groups is 1. The standard InChI is InChI=1S/C20H16Cl2N4OS/c1-13-18-19(27)26(10-14-2-6-16(21)7-3-14)24-20(25(18)12-23-13)28-11-15-4-8-17(22)9-5-15/h2-9,12H,10-11H2,1H3. The van der Waals surface area contributed by atoms with Gasteiger partial charge in [0.1, 0.15) is 11.8 Å². The molecular weight excluding hydrogens is 415 g/mol. The Morgan fingerprint density at radius 1 is 0.964 bits per heavy atom. The van der Waals surface area contributed by atoms with Crippen LogP contribution < -0.4 is 5.56 Å². The monoisotopic (exact) mass is 430 g/mol. The highest BCUT2D eigenvalue weighted by Crippen LogP contribution is 2.23. The maximum atomic E-state index is 12.9. The molecule has 4 aromatic rings. The molecule has 4 rings (SSSR count). The second kappa shape index (κ2) is 7.99. The van der Waals surface area contributed by atoms with Crippen LogP contribution in [0.4, 0.5) is 0 Å². The van der Waals surface area contributed by atoms with Gasteiger partial charge in [-0.25, -0.2) is 9.67 Å². The van der Waals surface area contributed by atoms with Crippen LogP contribution in [0.5, 0.6) is 0 Å². The Bertz CT molecular complexity index is 1180. The molecule has 0 aliphatic carbocycles. The van der Waals surface area contributed by atoms with Gasteiger partial charge < -0.3 is 0 Å². The van der Waals surface area contributed by atoms with Crippen molar-refractivity contribution >= 4 is 40.5 Å². The highest BCUT2D eigenvalue weighted by Gasteiger charge is 2.14. The van der Waals surface area contributed by atoms with E-state index in [1.807, 2.05) is 43.3 Å². The molecule has 8 heteroatoms. The number of aromatic nitrogens is 4. The van der Waals surface area contributed by atoms with Gasteiger partial charge in [-0.05, 0) is 42.3 Å². The van der Waals surface area contributed by atoms with Crippen LogP contribution in [0.2, 0.25) is 10.0 Å². The van der Waals surface area contributed by atoms with Crippen molar-refractivity contribution in [3.63, 3.8) is 0 Å². The Balaban J connectivity index is 1.70. The lowest BCUT2D eigenvalue weighted by Crippen LogP contribution is -2.26. The van der Waals surface area contributed by atoms with Gasteiger partial charge in [0.2, 0.25) is 0 Å². The molecule has 2 aromatic carbocycles. The first kappa shape index (κ1) is 19.1. The first-order valence-electron chi connectivity index (χ1n) is 8.58. The van der Waals surface area contributed by atoms with Crippen LogP contribution in [0.3, 0.4) is 0 Å². The van der Waals surface area contributed by atoms with Crippen molar-refractivity contribution in [1.29, 1.82) is 0 Å². The fraction of sp³-hybridized carbons (Fsp3) is 0.150. The minimum Gasteiger partial charge on any atom is -0.271 e. The van der Waals surface area contributed by atoms with E-state index >= 15 is 0 Å². The summed E-state index contributed by atoms with van der Waals surface area (Å²) in [5.41, 5.74) is 3.14. The van der Waals surface area contributed by atoms with Gasteiger partial charge >= 0.3 is 0 Å². The molecule has 0 unspecified atom stereocenters. The molecular formula is C20H16Cl2N4OS. The number of hydrogen-bond acceptors (Lipinski definition) is 4. The summed E-state index contributed by atoms with van der Waals surface area (Å²) in [4.78, 5) is 17.2. The van der Waals surface area contributed by atoms with E-state index in [4.69, 9.17) is 23.2 Å². The van der Waals surface area contributed by atoms with Crippen molar-refractivity contribution in [2.24, 2.45) is 0 Å². The fourth-order valence-electron chi connectivity index (χ4n) is 2.86. The van der Waals surface area contributed by atoms with E-state index in [9.17, 15) is 4.79 Å². The minimum atomic E-state index is -0.166. The zero-order valence-electron chi connectivity index (χ0n) is 15.0. The molecule has 0 bridgehead atoms. The van der Waals surface area contributed by atoms with Crippen LogP contribution in [0.1, 0.15) is 16.8 Å². The number of benzene rings is 2. The molecule has 0 amide bonds. The molecule has 0 fully saturated rings. The SMILES string of the molecule is Cc1ncn2c(SCc3ccc(Cl)cc3)nn(Cc3ccc(Cl)cc3)c(=O)c12. The third kappa shape index (κ3) is 3.94. The van der Waals surface area contributed by atoms with Gasteiger partial charge in [0.15, 0.2) is 5.16 Å². The smallest absolute Gasteiger partial charge is 0.271 e. The van der Waals surface area contributed by atoms with Crippen LogP contribution in [0.15, 0.2) is 64.8 Å². The van der Waals surface area contributed by atoms with Crippen LogP contribution in [0, 0.1) is 6.92 Å². The summed E-state index contributed by atoms with van der Waals surface area (Å²) in [6, 6.07) is 15.1. The van der Waals surface area contributed by atoms with E-state index in [1.165, 1.54) is 4.68 Å². The van der Waals surface area contributed by atoms with E-state index in [-0.39, 0.29) is 5.56 Å². The van der Waals surface area contributed by atoms with E-state index in [0.29, 0.717) is 38.7 Å². The molecule has 0 aliphatic rings. The molecule has 5 nitrogen and oxygen atoms in total. The van der Waals surface area contributed by atoms with Gasteiger partial charge in [-0.3, -0.25) is 9.20 Å². The zero-order valence-corrected chi connectivity index (χ0v) is 17.3. The van der Waals surface area contributed by atoms with Crippen molar-refractivity contribution < 1.29 is 0 Å². The average molecular weight is 431 g/mol. The third-order valence-electron chi connectivity index (χ3n) is 4.33. The first-order valence-corrected chi connectivity index (χ1v) is 10.3. The minimum absolute atomic E-state index is 0.166. The summed E-state index contributed by atoms with van der Waals surface area (Å²) < 4.78 is 3.24. The fourth-order valence-corrected chi connectivity index (χ4v) is 4.03. The Kier molecular flexibility index (Phi) is 5.44. The second-order valence-electron chi connectivity index (χ2n) is 6.34. The predicted molar refractivity (Wildman–Crippen MR) is 114 cm³/mol. The van der Waals surface area contributed by atoms with Gasteiger partial charge in [0.25, 0.3) is 5.56 Å². The number of nitrogens with zero attached hydrogens (tertiary/aromatic N) is 4. The molecule has 0 saturated heterocycles. The Hall–Kier alpha value is -2.28. The van der Waals surface area contributed by atoms with Crippen molar-refractivity contribution in [1.82, 2.24) is 19.2 Å². The highest BCUT2D eigenvalue weighted by atomic mass is 35.5. The molecule has 0 N–H and O–H groups in total. The van der Waals surface area contributed by atoms with E-state index in [0.717, 1.165) is 11.1 Å². The Labute approximate surface area is 175 Å². The molecule has 0 spiro atoms. The molecule has 142 valence electrons. The second-order valence-corrected chi connectivity index (χ2v) is 8.15. The number of fused-ring (bicyclic) bond motifs is 1. The summed E-state index contributed by atoms with van der Waals surface area (Å²) in [7, 11) is 0.